The van der Waals surface area contributed by atoms with Gasteiger partial charge in [-0.05, 0) is 58.2 Å². The van der Waals surface area contributed by atoms with Gasteiger partial charge >= 0.3 is 0 Å². The third-order valence-electron chi connectivity index (χ3n) is 5.06. The second-order valence-electron chi connectivity index (χ2n) is 6.97. The Labute approximate surface area is 152 Å². The quantitative estimate of drug-likeness (QED) is 0.585. The molecule has 0 aromatic carbocycles. The summed E-state index contributed by atoms with van der Waals surface area (Å²) in [6, 6.07) is 0.0431. The molecule has 2 N–H and O–H groups in total. The lowest BCUT2D eigenvalue weighted by atomic mass is 9.77. The Bertz CT molecular complexity index is 558. The number of aryl methyl sites for hydroxylation is 1. The fraction of sp³-hybridized carbons (Fsp3) is 0.812. The van der Waals surface area contributed by atoms with Crippen LogP contribution in [-0.2, 0) is 4.79 Å². The zero-order valence-electron chi connectivity index (χ0n) is 14.5. The number of nitrogens with one attached hydrogen (secondary N) is 2. The van der Waals surface area contributed by atoms with Crippen LogP contribution >= 0.6 is 23.1 Å². The van der Waals surface area contributed by atoms with Crippen molar-refractivity contribution in [3.05, 3.63) is 5.01 Å². The maximum atomic E-state index is 12.5. The lowest BCUT2D eigenvalue weighted by molar-refractivity contribution is -0.125. The van der Waals surface area contributed by atoms with Gasteiger partial charge in [0, 0.05) is 18.8 Å². The number of amides is 1. The second-order valence-corrected chi connectivity index (χ2v) is 9.49. The minimum atomic E-state index is 0.0431. The van der Waals surface area contributed by atoms with Gasteiger partial charge in [0.25, 0.3) is 0 Å². The van der Waals surface area contributed by atoms with Gasteiger partial charge in [0.15, 0.2) is 4.34 Å². The van der Waals surface area contributed by atoms with E-state index in [0.717, 1.165) is 54.1 Å². The van der Waals surface area contributed by atoms with Crippen molar-refractivity contribution >= 4 is 29.0 Å². The number of nitrogens with zero attached hydrogens (tertiary/aromatic N) is 3. The number of carbonyl (C=O) groups excluding carboxylic acids is 1. The van der Waals surface area contributed by atoms with E-state index >= 15 is 0 Å². The summed E-state index contributed by atoms with van der Waals surface area (Å²) in [5.74, 6) is 1.16. The van der Waals surface area contributed by atoms with Gasteiger partial charge in [-0.25, -0.2) is 0 Å². The van der Waals surface area contributed by atoms with Crippen LogP contribution < -0.4 is 10.6 Å². The van der Waals surface area contributed by atoms with E-state index in [9.17, 15) is 4.79 Å². The average Bonchev–Trinajstić information content (AvgIpc) is 3.11. The standard InChI is InChI=1S/C16H27N5OS2/c1-12-19-20-15(24-12)23-9-3-6-18-14(22)13-10-16(11-21(13)2)4-7-17-8-5-16/h13,17H,3-11H2,1-2H3,(H,18,22)/t13-/m0/s1. The molecule has 6 nitrogen and oxygen atoms in total. The molecule has 3 heterocycles. The number of piperidine rings is 1. The third-order valence-corrected chi connectivity index (χ3v) is 7.12. The van der Waals surface area contributed by atoms with Gasteiger partial charge in [0.05, 0.1) is 6.04 Å². The molecule has 0 radical (unpaired) electrons. The van der Waals surface area contributed by atoms with E-state index in [0.29, 0.717) is 5.41 Å². The number of hydrogen-bond acceptors (Lipinski definition) is 7. The van der Waals surface area contributed by atoms with Gasteiger partial charge in [-0.1, -0.05) is 23.1 Å². The minimum Gasteiger partial charge on any atom is -0.355 e. The number of likely N-dealkylation sites (N-methyl/N-ethyl adjacent to an activating group) is 1. The van der Waals surface area contributed by atoms with Crippen LogP contribution in [0.5, 0.6) is 0 Å². The number of hydrogen-bond donors (Lipinski definition) is 2. The summed E-state index contributed by atoms with van der Waals surface area (Å²) < 4.78 is 1.02. The topological polar surface area (TPSA) is 70.1 Å². The van der Waals surface area contributed by atoms with Gasteiger partial charge in [0.2, 0.25) is 5.91 Å². The van der Waals surface area contributed by atoms with Crippen LogP contribution in [0.3, 0.4) is 0 Å². The van der Waals surface area contributed by atoms with E-state index in [-0.39, 0.29) is 11.9 Å². The summed E-state index contributed by atoms with van der Waals surface area (Å²) in [5.41, 5.74) is 0.355. The van der Waals surface area contributed by atoms with Gasteiger partial charge in [-0.3, -0.25) is 9.69 Å². The Kier molecular flexibility index (Phi) is 6.12. The van der Waals surface area contributed by atoms with E-state index in [1.165, 1.54) is 12.8 Å². The highest BCUT2D eigenvalue weighted by Gasteiger charge is 2.45. The molecule has 0 aliphatic carbocycles. The molecule has 2 aliphatic rings. The first-order valence-corrected chi connectivity index (χ1v) is 10.5. The first kappa shape index (κ1) is 18.1. The van der Waals surface area contributed by atoms with Crippen LogP contribution in [0.1, 0.15) is 30.7 Å². The zero-order valence-corrected chi connectivity index (χ0v) is 16.1. The number of carbonyl (C=O) groups is 1. The minimum absolute atomic E-state index is 0.0431. The van der Waals surface area contributed by atoms with Crippen LogP contribution in [0.2, 0.25) is 0 Å². The number of likely N-dealkylation sites (tertiary alicyclic amines) is 1. The summed E-state index contributed by atoms with van der Waals surface area (Å²) in [7, 11) is 2.09. The monoisotopic (exact) mass is 369 g/mol. The fourth-order valence-corrected chi connectivity index (χ4v) is 5.61. The van der Waals surface area contributed by atoms with Crippen molar-refractivity contribution in [1.82, 2.24) is 25.7 Å². The molecule has 1 amide bonds. The summed E-state index contributed by atoms with van der Waals surface area (Å²) in [6.07, 6.45) is 4.36. The van der Waals surface area contributed by atoms with E-state index in [1.54, 1.807) is 23.1 Å². The molecule has 2 aliphatic heterocycles. The first-order valence-electron chi connectivity index (χ1n) is 8.70. The molecular formula is C16H27N5OS2. The highest BCUT2D eigenvalue weighted by molar-refractivity contribution is 8.01. The van der Waals surface area contributed by atoms with Crippen LogP contribution in [-0.4, -0.2) is 66.0 Å². The molecule has 1 atom stereocenters. The van der Waals surface area contributed by atoms with Crippen LogP contribution in [0.4, 0.5) is 0 Å². The molecule has 1 aromatic heterocycles. The Morgan fingerprint density at radius 3 is 2.96 bits per heavy atom. The number of thioether (sulfide) groups is 1. The molecule has 134 valence electrons. The normalized spacial score (nSPS) is 23.7. The Morgan fingerprint density at radius 1 is 1.46 bits per heavy atom. The van der Waals surface area contributed by atoms with Crippen molar-refractivity contribution in [3.8, 4) is 0 Å². The summed E-state index contributed by atoms with van der Waals surface area (Å²) in [4.78, 5) is 14.8. The first-order chi connectivity index (χ1) is 11.6. The van der Waals surface area contributed by atoms with Crippen molar-refractivity contribution in [2.75, 3.05) is 39.0 Å². The van der Waals surface area contributed by atoms with Gasteiger partial charge in [-0.2, -0.15) is 0 Å². The Hall–Kier alpha value is -0.700. The Morgan fingerprint density at radius 2 is 2.25 bits per heavy atom. The number of aromatic nitrogens is 2. The van der Waals surface area contributed by atoms with Crippen molar-refractivity contribution < 1.29 is 4.79 Å². The summed E-state index contributed by atoms with van der Waals surface area (Å²) in [6.45, 7) is 5.94. The second kappa shape index (κ2) is 8.12. The molecule has 0 unspecified atom stereocenters. The van der Waals surface area contributed by atoms with Crippen molar-refractivity contribution in [2.45, 2.75) is 43.0 Å². The molecule has 24 heavy (non-hydrogen) atoms. The third kappa shape index (κ3) is 4.47. The van der Waals surface area contributed by atoms with Crippen molar-refractivity contribution in [1.29, 1.82) is 0 Å². The maximum absolute atomic E-state index is 12.5. The molecular weight excluding hydrogens is 342 g/mol. The predicted molar refractivity (Wildman–Crippen MR) is 98.6 cm³/mol. The van der Waals surface area contributed by atoms with E-state index in [2.05, 4.69) is 32.8 Å². The smallest absolute Gasteiger partial charge is 0.237 e. The lowest BCUT2D eigenvalue weighted by Gasteiger charge is -2.33. The molecule has 1 spiro atoms. The molecule has 3 rings (SSSR count). The van der Waals surface area contributed by atoms with Gasteiger partial charge < -0.3 is 10.6 Å². The van der Waals surface area contributed by atoms with E-state index in [1.807, 2.05) is 6.92 Å². The van der Waals surface area contributed by atoms with Crippen LogP contribution in [0.25, 0.3) is 0 Å². The fourth-order valence-electron chi connectivity index (χ4n) is 3.78. The molecule has 8 heteroatoms. The lowest BCUT2D eigenvalue weighted by Crippen LogP contribution is -2.41. The predicted octanol–water partition coefficient (Wildman–Crippen LogP) is 1.52. The molecule has 2 fully saturated rings. The van der Waals surface area contributed by atoms with E-state index < -0.39 is 0 Å². The van der Waals surface area contributed by atoms with Crippen molar-refractivity contribution in [3.63, 3.8) is 0 Å². The Balaban J connectivity index is 1.37. The van der Waals surface area contributed by atoms with Gasteiger partial charge in [0.1, 0.15) is 5.01 Å². The SMILES string of the molecule is Cc1nnc(SCCCNC(=O)[C@@H]2CC3(CCNCC3)CN2C)s1. The molecule has 2 saturated heterocycles. The molecule has 0 saturated carbocycles. The average molecular weight is 370 g/mol. The highest BCUT2D eigenvalue weighted by Crippen LogP contribution is 2.41. The highest BCUT2D eigenvalue weighted by atomic mass is 32.2. The molecule has 0 bridgehead atoms. The van der Waals surface area contributed by atoms with Crippen LogP contribution in [0, 0.1) is 12.3 Å². The maximum Gasteiger partial charge on any atom is 0.237 e. The van der Waals surface area contributed by atoms with Crippen molar-refractivity contribution in [2.24, 2.45) is 5.41 Å². The molecule has 1 aromatic rings. The largest absolute Gasteiger partial charge is 0.355 e. The van der Waals surface area contributed by atoms with E-state index in [4.69, 9.17) is 0 Å². The van der Waals surface area contributed by atoms with Gasteiger partial charge in [-0.15, -0.1) is 10.2 Å². The number of rotatable bonds is 6. The summed E-state index contributed by atoms with van der Waals surface area (Å²) in [5, 5.41) is 15.7. The van der Waals surface area contributed by atoms with Crippen LogP contribution in [0.15, 0.2) is 4.34 Å². The zero-order chi connectivity index (χ0) is 17.0. The summed E-state index contributed by atoms with van der Waals surface area (Å²) >= 11 is 3.35.